The van der Waals surface area contributed by atoms with Crippen LogP contribution in [-0.4, -0.2) is 28.4 Å². The minimum Gasteiger partial charge on any atom is -0.358 e. The number of hydrogen-bond acceptors (Lipinski definition) is 2. The van der Waals surface area contributed by atoms with Crippen LogP contribution < -0.4 is 0 Å². The Morgan fingerprint density at radius 3 is 1.44 bits per heavy atom. The van der Waals surface area contributed by atoms with Gasteiger partial charge in [-0.2, -0.15) is 0 Å². The van der Waals surface area contributed by atoms with E-state index in [9.17, 15) is 0 Å². The zero-order valence-electron chi connectivity index (χ0n) is 6.89. The number of ether oxygens (including phenoxy) is 2. The summed E-state index contributed by atoms with van der Waals surface area (Å²) in [6, 6.07) is 0. The Kier molecular flexibility index (Phi) is 3.39. The molecule has 0 unspecified atom stereocenters. The normalized spacial score (nSPS) is 12.7. The number of rotatable bonds is 3. The van der Waals surface area contributed by atoms with Gasteiger partial charge in [-0.25, -0.2) is 0 Å². The monoisotopic (exact) mass is 148 g/mol. The fraction of sp³-hybridized carbons (Fsp3) is 1.00. The summed E-state index contributed by atoms with van der Waals surface area (Å²) in [4.78, 5) is 0. The lowest BCUT2D eigenvalue weighted by Gasteiger charge is -2.29. The van der Waals surface area contributed by atoms with E-state index in [-0.39, 0.29) is 5.41 Å². The van der Waals surface area contributed by atoms with E-state index in [0.717, 1.165) is 0 Å². The fourth-order valence-corrected chi connectivity index (χ4v) is 1.50. The highest BCUT2D eigenvalue weighted by atomic mass is 28.3. The summed E-state index contributed by atoms with van der Waals surface area (Å²) in [5.41, 5.74) is -0.278. The Hall–Kier alpha value is 0.137. The van der Waals surface area contributed by atoms with Gasteiger partial charge >= 0.3 is 0 Å². The van der Waals surface area contributed by atoms with Gasteiger partial charge in [0.2, 0.25) is 0 Å². The molecule has 0 heterocycles. The third kappa shape index (κ3) is 2.08. The second kappa shape index (κ2) is 3.34. The first-order valence-corrected chi connectivity index (χ1v) is 6.05. The second-order valence-electron chi connectivity index (χ2n) is 2.58. The lowest BCUT2D eigenvalue weighted by atomic mass is 10.7. The highest BCUT2D eigenvalue weighted by Gasteiger charge is 2.27. The van der Waals surface area contributed by atoms with E-state index in [1.807, 2.05) is 6.92 Å². The predicted octanol–water partition coefficient (Wildman–Crippen LogP) is 1.02. The van der Waals surface area contributed by atoms with Gasteiger partial charge in [0.05, 0.1) is 0 Å². The molecule has 3 heteroatoms. The van der Waals surface area contributed by atoms with E-state index in [1.165, 1.54) is 0 Å². The molecule has 0 aliphatic rings. The van der Waals surface area contributed by atoms with E-state index in [0.29, 0.717) is 0 Å². The molecule has 0 radical (unpaired) electrons. The summed E-state index contributed by atoms with van der Waals surface area (Å²) >= 11 is 0. The molecule has 0 N–H and O–H groups in total. The lowest BCUT2D eigenvalue weighted by molar-refractivity contribution is -0.133. The molecule has 0 aliphatic carbocycles. The van der Waals surface area contributed by atoms with Gasteiger partial charge in [0.15, 0.2) is 0 Å². The average molecular weight is 148 g/mol. The molecule has 0 aliphatic heterocycles. The van der Waals surface area contributed by atoms with Crippen molar-refractivity contribution in [1.29, 1.82) is 0 Å². The topological polar surface area (TPSA) is 18.5 Å². The van der Waals surface area contributed by atoms with Crippen LogP contribution in [0.25, 0.3) is 0 Å². The summed E-state index contributed by atoms with van der Waals surface area (Å²) in [7, 11) is 2.54. The maximum absolute atomic E-state index is 5.19. The van der Waals surface area contributed by atoms with E-state index in [2.05, 4.69) is 13.1 Å². The number of methoxy groups -OCH3 is 2. The Labute approximate surface area is 58.8 Å². The lowest BCUT2D eigenvalue weighted by Crippen LogP contribution is -2.42. The zero-order chi connectivity index (χ0) is 7.49. The molecule has 0 aromatic heterocycles. The van der Waals surface area contributed by atoms with Gasteiger partial charge in [-0.3, -0.25) is 0 Å². The Balaban J connectivity index is 3.92. The van der Waals surface area contributed by atoms with Crippen molar-refractivity contribution in [3.05, 3.63) is 0 Å². The van der Waals surface area contributed by atoms with Gasteiger partial charge in [0.25, 0.3) is 0 Å². The van der Waals surface area contributed by atoms with Crippen LogP contribution in [0.1, 0.15) is 6.92 Å². The van der Waals surface area contributed by atoms with Crippen molar-refractivity contribution in [2.75, 3.05) is 14.2 Å². The van der Waals surface area contributed by atoms with Gasteiger partial charge in [-0.15, -0.1) is 0 Å². The van der Waals surface area contributed by atoms with Crippen molar-refractivity contribution in [1.82, 2.24) is 0 Å². The largest absolute Gasteiger partial charge is 0.358 e. The highest BCUT2D eigenvalue weighted by Crippen LogP contribution is 2.13. The molecule has 0 bridgehead atoms. The van der Waals surface area contributed by atoms with E-state index < -0.39 is 8.80 Å². The van der Waals surface area contributed by atoms with Crippen LogP contribution in [0.4, 0.5) is 0 Å². The van der Waals surface area contributed by atoms with Gasteiger partial charge in [-0.1, -0.05) is 13.1 Å². The van der Waals surface area contributed by atoms with Crippen molar-refractivity contribution in [2.24, 2.45) is 0 Å². The van der Waals surface area contributed by atoms with Crippen molar-refractivity contribution >= 4 is 8.80 Å². The first-order chi connectivity index (χ1) is 4.06. The molecule has 0 rings (SSSR count). The maximum Gasteiger partial charge on any atom is 0.144 e. The zero-order valence-corrected chi connectivity index (χ0v) is 8.05. The molecule has 0 fully saturated rings. The molecule has 56 valence electrons. The van der Waals surface area contributed by atoms with E-state index in [1.54, 1.807) is 14.2 Å². The second-order valence-corrected chi connectivity index (χ2v) is 5.94. The molecule has 9 heavy (non-hydrogen) atoms. The van der Waals surface area contributed by atoms with Crippen LogP contribution in [0.5, 0.6) is 0 Å². The molecule has 0 saturated carbocycles. The molecular formula is C6H16O2Si. The van der Waals surface area contributed by atoms with Gasteiger partial charge in [-0.05, 0) is 6.92 Å². The van der Waals surface area contributed by atoms with Crippen LogP contribution in [0.2, 0.25) is 13.1 Å². The maximum atomic E-state index is 5.19. The smallest absolute Gasteiger partial charge is 0.144 e. The average Bonchev–Trinajstić information content (AvgIpc) is 1.86. The highest BCUT2D eigenvalue weighted by molar-refractivity contribution is 6.58. The third-order valence-corrected chi connectivity index (χ3v) is 4.43. The van der Waals surface area contributed by atoms with Gasteiger partial charge in [0, 0.05) is 14.2 Å². The third-order valence-electron chi connectivity index (χ3n) is 1.86. The van der Waals surface area contributed by atoms with Gasteiger partial charge in [0.1, 0.15) is 14.2 Å². The van der Waals surface area contributed by atoms with Crippen molar-refractivity contribution in [2.45, 2.75) is 25.4 Å². The Morgan fingerprint density at radius 2 is 1.44 bits per heavy atom. The van der Waals surface area contributed by atoms with Crippen molar-refractivity contribution < 1.29 is 9.47 Å². The van der Waals surface area contributed by atoms with E-state index in [4.69, 9.17) is 9.47 Å². The van der Waals surface area contributed by atoms with Crippen molar-refractivity contribution in [3.8, 4) is 0 Å². The summed E-state index contributed by atoms with van der Waals surface area (Å²) in [5.74, 6) is 0. The molecular weight excluding hydrogens is 132 g/mol. The Morgan fingerprint density at radius 1 is 1.11 bits per heavy atom. The SMILES string of the molecule is COC(C)(OC)[SiH](C)C. The minimum atomic E-state index is -0.845. The van der Waals surface area contributed by atoms with Crippen LogP contribution in [0, 0.1) is 0 Å². The van der Waals surface area contributed by atoms with Crippen LogP contribution in [-0.2, 0) is 9.47 Å². The minimum absolute atomic E-state index is 0.278. The molecule has 0 saturated heterocycles. The quantitative estimate of drug-likeness (QED) is 0.439. The summed E-state index contributed by atoms with van der Waals surface area (Å²) in [6.07, 6.45) is 0. The fourth-order valence-electron chi connectivity index (χ4n) is 0.555. The number of hydrogen-bond donors (Lipinski definition) is 0. The first-order valence-electron chi connectivity index (χ1n) is 3.17. The molecule has 2 nitrogen and oxygen atoms in total. The molecule has 0 spiro atoms. The molecule has 0 atom stereocenters. The summed E-state index contributed by atoms with van der Waals surface area (Å²) < 4.78 is 10.4. The van der Waals surface area contributed by atoms with E-state index >= 15 is 0 Å². The summed E-state index contributed by atoms with van der Waals surface area (Å²) in [5, 5.41) is 0. The standard InChI is InChI=1S/C6H16O2Si/c1-6(7-2,8-3)9(4)5/h9H,1-5H3. The Bertz CT molecular complexity index is 79.1. The molecule has 0 aromatic rings. The molecule has 0 aromatic carbocycles. The first kappa shape index (κ1) is 9.14. The summed E-state index contributed by atoms with van der Waals surface area (Å²) in [6.45, 7) is 6.39. The predicted molar refractivity (Wildman–Crippen MR) is 41.3 cm³/mol. The van der Waals surface area contributed by atoms with Gasteiger partial charge < -0.3 is 9.47 Å². The van der Waals surface area contributed by atoms with Crippen LogP contribution in [0.15, 0.2) is 0 Å². The molecule has 0 amide bonds. The van der Waals surface area contributed by atoms with Crippen LogP contribution in [0.3, 0.4) is 0 Å². The van der Waals surface area contributed by atoms with Crippen LogP contribution >= 0.6 is 0 Å². The van der Waals surface area contributed by atoms with Crippen molar-refractivity contribution in [3.63, 3.8) is 0 Å².